The lowest BCUT2D eigenvalue weighted by molar-refractivity contribution is 0.310. The van der Waals surface area contributed by atoms with E-state index in [1.165, 1.54) is 16.7 Å². The van der Waals surface area contributed by atoms with Crippen LogP contribution in [0.25, 0.3) is 10.9 Å². The number of hydrogen-bond acceptors (Lipinski definition) is 2. The molecule has 0 amide bonds. The Labute approximate surface area is 124 Å². The summed E-state index contributed by atoms with van der Waals surface area (Å²) in [6, 6.07) is 14.4. The molecular weight excluding hydrogens is 260 g/mol. The summed E-state index contributed by atoms with van der Waals surface area (Å²) in [5, 5.41) is 1.16. The normalized spacial score (nSPS) is 11.0. The highest BCUT2D eigenvalue weighted by molar-refractivity contribution is 5.91. The molecule has 0 aliphatic heterocycles. The van der Waals surface area contributed by atoms with Crippen LogP contribution in [-0.2, 0) is 13.0 Å². The Morgan fingerprint density at radius 2 is 1.90 bits per heavy atom. The van der Waals surface area contributed by atoms with E-state index in [1.807, 2.05) is 24.4 Å². The number of H-pyrrole nitrogens is 1. The van der Waals surface area contributed by atoms with Gasteiger partial charge in [0.2, 0.25) is 0 Å². The first-order chi connectivity index (χ1) is 10.3. The second kappa shape index (κ2) is 6.02. The van der Waals surface area contributed by atoms with Gasteiger partial charge in [-0.2, -0.15) is 0 Å². The largest absolute Gasteiger partial charge is 0.488 e. The monoisotopic (exact) mass is 280 g/mol. The average molecular weight is 280 g/mol. The van der Waals surface area contributed by atoms with Gasteiger partial charge in [0, 0.05) is 11.6 Å². The Morgan fingerprint density at radius 3 is 2.67 bits per heavy atom. The summed E-state index contributed by atoms with van der Waals surface area (Å²) in [4.78, 5) is 3.34. The van der Waals surface area contributed by atoms with Crippen LogP contribution in [0.5, 0.6) is 5.75 Å². The number of rotatable bonds is 5. The smallest absolute Gasteiger partial charge is 0.129 e. The van der Waals surface area contributed by atoms with E-state index in [1.54, 1.807) is 0 Å². The van der Waals surface area contributed by atoms with E-state index < -0.39 is 0 Å². The molecule has 0 atom stereocenters. The highest BCUT2D eigenvalue weighted by Crippen LogP contribution is 2.31. The van der Waals surface area contributed by atoms with Crippen molar-refractivity contribution in [1.82, 2.24) is 4.98 Å². The first-order valence-corrected chi connectivity index (χ1v) is 7.26. The fourth-order valence-electron chi connectivity index (χ4n) is 2.63. The van der Waals surface area contributed by atoms with Crippen molar-refractivity contribution in [3.63, 3.8) is 0 Å². The molecule has 0 aliphatic rings. The predicted molar refractivity (Wildman–Crippen MR) is 86.6 cm³/mol. The lowest BCUT2D eigenvalue weighted by atomic mass is 10.1. The van der Waals surface area contributed by atoms with Crippen molar-refractivity contribution in [2.45, 2.75) is 20.0 Å². The second-order valence-electron chi connectivity index (χ2n) is 5.26. The number of nitrogens with two attached hydrogens (primary N) is 1. The molecule has 3 nitrogen and oxygen atoms in total. The van der Waals surface area contributed by atoms with Gasteiger partial charge in [0.1, 0.15) is 12.4 Å². The van der Waals surface area contributed by atoms with Crippen LogP contribution in [0.2, 0.25) is 0 Å². The van der Waals surface area contributed by atoms with Gasteiger partial charge in [-0.1, -0.05) is 36.4 Å². The van der Waals surface area contributed by atoms with Crippen LogP contribution in [-0.4, -0.2) is 11.5 Å². The van der Waals surface area contributed by atoms with Crippen molar-refractivity contribution in [3.05, 3.63) is 65.4 Å². The molecule has 0 spiro atoms. The lowest BCUT2D eigenvalue weighted by Gasteiger charge is -2.10. The molecule has 0 radical (unpaired) electrons. The molecule has 2 aromatic carbocycles. The lowest BCUT2D eigenvalue weighted by Crippen LogP contribution is -2.02. The molecule has 0 bridgehead atoms. The Hall–Kier alpha value is -2.26. The standard InChI is InChI=1S/C18H20N2O/c1-13-7-8-16(21-12-14-5-3-2-4-6-14)17-15(9-10-19)11-20-18(13)17/h2-8,11,20H,9-10,12,19H2,1H3. The van der Waals surface area contributed by atoms with Gasteiger partial charge in [-0.25, -0.2) is 0 Å². The number of ether oxygens (including phenoxy) is 1. The number of benzene rings is 2. The number of aromatic amines is 1. The number of nitrogens with one attached hydrogen (secondary N) is 1. The molecule has 0 saturated heterocycles. The first-order valence-electron chi connectivity index (χ1n) is 7.26. The van der Waals surface area contributed by atoms with E-state index in [2.05, 4.69) is 36.2 Å². The molecule has 0 saturated carbocycles. The summed E-state index contributed by atoms with van der Waals surface area (Å²) in [6.45, 7) is 3.32. The minimum absolute atomic E-state index is 0.576. The van der Waals surface area contributed by atoms with Crippen LogP contribution in [0, 0.1) is 6.92 Å². The third-order valence-corrected chi connectivity index (χ3v) is 3.74. The van der Waals surface area contributed by atoms with Crippen molar-refractivity contribution >= 4 is 10.9 Å². The fourth-order valence-corrected chi connectivity index (χ4v) is 2.63. The maximum Gasteiger partial charge on any atom is 0.129 e. The maximum absolute atomic E-state index is 6.04. The van der Waals surface area contributed by atoms with Gasteiger partial charge in [-0.15, -0.1) is 0 Å². The first kappa shape index (κ1) is 13.7. The summed E-state index contributed by atoms with van der Waals surface area (Å²) >= 11 is 0. The minimum Gasteiger partial charge on any atom is -0.488 e. The molecule has 108 valence electrons. The molecule has 21 heavy (non-hydrogen) atoms. The van der Waals surface area contributed by atoms with Gasteiger partial charge >= 0.3 is 0 Å². The number of hydrogen-bond donors (Lipinski definition) is 2. The number of fused-ring (bicyclic) bond motifs is 1. The molecule has 1 aromatic heterocycles. The van der Waals surface area contributed by atoms with Crippen molar-refractivity contribution in [2.24, 2.45) is 5.73 Å². The molecule has 3 aromatic rings. The Kier molecular flexibility index (Phi) is 3.93. The Bertz CT molecular complexity index is 732. The summed E-state index contributed by atoms with van der Waals surface area (Å²) in [6.07, 6.45) is 2.89. The molecule has 3 N–H and O–H groups in total. The second-order valence-corrected chi connectivity index (χ2v) is 5.26. The van der Waals surface area contributed by atoms with Crippen LogP contribution in [0.4, 0.5) is 0 Å². The zero-order valence-corrected chi connectivity index (χ0v) is 12.2. The van der Waals surface area contributed by atoms with Gasteiger partial charge in [0.05, 0.1) is 5.52 Å². The topological polar surface area (TPSA) is 51.0 Å². The van der Waals surface area contributed by atoms with E-state index in [9.17, 15) is 0 Å². The zero-order valence-electron chi connectivity index (χ0n) is 12.2. The van der Waals surface area contributed by atoms with Crippen LogP contribution in [0.3, 0.4) is 0 Å². The summed E-state index contributed by atoms with van der Waals surface area (Å²) in [5.74, 6) is 0.921. The van der Waals surface area contributed by atoms with Gasteiger partial charge in [-0.05, 0) is 42.6 Å². The summed E-state index contributed by atoms with van der Waals surface area (Å²) < 4.78 is 6.04. The molecule has 0 aliphatic carbocycles. The van der Waals surface area contributed by atoms with Gasteiger partial charge in [-0.3, -0.25) is 0 Å². The minimum atomic E-state index is 0.576. The molecule has 0 unspecified atom stereocenters. The summed E-state index contributed by atoms with van der Waals surface area (Å²) in [5.41, 5.74) is 10.5. The predicted octanol–water partition coefficient (Wildman–Crippen LogP) is 3.56. The van der Waals surface area contributed by atoms with Crippen LogP contribution in [0.1, 0.15) is 16.7 Å². The van der Waals surface area contributed by atoms with Crippen LogP contribution < -0.4 is 10.5 Å². The number of aryl methyl sites for hydroxylation is 1. The third-order valence-electron chi connectivity index (χ3n) is 3.74. The maximum atomic E-state index is 6.04. The molecular formula is C18H20N2O. The van der Waals surface area contributed by atoms with Crippen molar-refractivity contribution in [3.8, 4) is 5.75 Å². The molecule has 3 heteroatoms. The molecule has 1 heterocycles. The van der Waals surface area contributed by atoms with E-state index in [4.69, 9.17) is 10.5 Å². The van der Waals surface area contributed by atoms with Crippen LogP contribution in [0.15, 0.2) is 48.7 Å². The van der Waals surface area contributed by atoms with Crippen molar-refractivity contribution in [1.29, 1.82) is 0 Å². The number of aromatic nitrogens is 1. The Morgan fingerprint density at radius 1 is 1.10 bits per heavy atom. The van der Waals surface area contributed by atoms with E-state index in [0.29, 0.717) is 13.2 Å². The highest BCUT2D eigenvalue weighted by Gasteiger charge is 2.11. The van der Waals surface area contributed by atoms with E-state index in [0.717, 1.165) is 23.1 Å². The van der Waals surface area contributed by atoms with Gasteiger partial charge < -0.3 is 15.5 Å². The highest BCUT2D eigenvalue weighted by atomic mass is 16.5. The average Bonchev–Trinajstić information content (AvgIpc) is 2.93. The van der Waals surface area contributed by atoms with Gasteiger partial charge in [0.25, 0.3) is 0 Å². The quantitative estimate of drug-likeness (QED) is 0.751. The Balaban J connectivity index is 1.94. The van der Waals surface area contributed by atoms with E-state index in [-0.39, 0.29) is 0 Å². The summed E-state index contributed by atoms with van der Waals surface area (Å²) in [7, 11) is 0. The zero-order chi connectivity index (χ0) is 14.7. The van der Waals surface area contributed by atoms with Crippen molar-refractivity contribution < 1.29 is 4.74 Å². The van der Waals surface area contributed by atoms with Crippen molar-refractivity contribution in [2.75, 3.05) is 6.54 Å². The fraction of sp³-hybridized carbons (Fsp3) is 0.222. The SMILES string of the molecule is Cc1ccc(OCc2ccccc2)c2c(CCN)c[nH]c12. The van der Waals surface area contributed by atoms with Gasteiger partial charge in [0.15, 0.2) is 0 Å². The molecule has 0 fully saturated rings. The molecule has 3 rings (SSSR count). The van der Waals surface area contributed by atoms with E-state index >= 15 is 0 Å². The third kappa shape index (κ3) is 2.78. The van der Waals surface area contributed by atoms with Crippen LogP contribution >= 0.6 is 0 Å².